The van der Waals surface area contributed by atoms with Gasteiger partial charge in [-0.25, -0.2) is 4.98 Å². The fourth-order valence-corrected chi connectivity index (χ4v) is 4.09. The third kappa shape index (κ3) is 4.75. The molecule has 2 unspecified atom stereocenters. The van der Waals surface area contributed by atoms with E-state index in [4.69, 9.17) is 0 Å². The van der Waals surface area contributed by atoms with Gasteiger partial charge in [0, 0.05) is 41.9 Å². The number of aliphatic hydroxyl groups excluding tert-OH is 1. The molecule has 1 fully saturated rings. The van der Waals surface area contributed by atoms with Gasteiger partial charge in [0.25, 0.3) is 0 Å². The van der Waals surface area contributed by atoms with Crippen LogP contribution in [0.2, 0.25) is 0 Å². The molecule has 0 saturated heterocycles. The van der Waals surface area contributed by atoms with Crippen molar-refractivity contribution in [3.8, 4) is 0 Å². The van der Waals surface area contributed by atoms with Gasteiger partial charge in [-0.1, -0.05) is 6.42 Å². The van der Waals surface area contributed by atoms with Crippen LogP contribution in [0.15, 0.2) is 5.38 Å². The lowest BCUT2D eigenvalue weighted by molar-refractivity contribution is -0.121. The molecule has 0 aliphatic heterocycles. The SMILES string of the molecule is Cc1nc(CSCCC(=O)NC2CCCC2CO)cs1. The number of thiazole rings is 1. The van der Waals surface area contributed by atoms with Gasteiger partial charge in [-0.2, -0.15) is 11.8 Å². The Labute approximate surface area is 128 Å². The summed E-state index contributed by atoms with van der Waals surface area (Å²) in [5, 5.41) is 15.5. The van der Waals surface area contributed by atoms with Crippen LogP contribution >= 0.6 is 23.1 Å². The molecule has 6 heteroatoms. The Kier molecular flexibility index (Phi) is 6.32. The zero-order chi connectivity index (χ0) is 14.4. The van der Waals surface area contributed by atoms with Gasteiger partial charge in [0.05, 0.1) is 10.7 Å². The highest BCUT2D eigenvalue weighted by molar-refractivity contribution is 7.98. The molecule has 1 amide bonds. The maximum absolute atomic E-state index is 11.9. The Bertz CT molecular complexity index is 437. The monoisotopic (exact) mass is 314 g/mol. The zero-order valence-corrected chi connectivity index (χ0v) is 13.4. The summed E-state index contributed by atoms with van der Waals surface area (Å²) in [6.45, 7) is 2.19. The molecule has 1 aliphatic rings. The molecule has 1 aromatic heterocycles. The molecule has 4 nitrogen and oxygen atoms in total. The minimum absolute atomic E-state index is 0.109. The summed E-state index contributed by atoms with van der Waals surface area (Å²) >= 11 is 3.41. The molecule has 1 aliphatic carbocycles. The van der Waals surface area contributed by atoms with Gasteiger partial charge in [0.15, 0.2) is 0 Å². The summed E-state index contributed by atoms with van der Waals surface area (Å²) in [4.78, 5) is 16.3. The van der Waals surface area contributed by atoms with Crippen molar-refractivity contribution in [3.63, 3.8) is 0 Å². The van der Waals surface area contributed by atoms with Crippen LogP contribution in [0.25, 0.3) is 0 Å². The van der Waals surface area contributed by atoms with Crippen molar-refractivity contribution in [1.82, 2.24) is 10.3 Å². The molecule has 2 rings (SSSR count). The Morgan fingerprint density at radius 2 is 2.45 bits per heavy atom. The molecule has 0 bridgehead atoms. The number of hydrogen-bond acceptors (Lipinski definition) is 5. The standard InChI is InChI=1S/C14H22N2O2S2/c1-10-15-12(9-20-10)8-19-6-5-14(18)16-13-4-2-3-11(13)7-17/h9,11,13,17H,2-8H2,1H3,(H,16,18). The van der Waals surface area contributed by atoms with Gasteiger partial charge < -0.3 is 10.4 Å². The third-order valence-electron chi connectivity index (χ3n) is 3.63. The maximum Gasteiger partial charge on any atom is 0.221 e. The van der Waals surface area contributed by atoms with Crippen LogP contribution in [0.3, 0.4) is 0 Å². The summed E-state index contributed by atoms with van der Waals surface area (Å²) in [7, 11) is 0. The van der Waals surface area contributed by atoms with Crippen LogP contribution in [0.4, 0.5) is 0 Å². The molecule has 0 radical (unpaired) electrons. The van der Waals surface area contributed by atoms with Crippen LogP contribution < -0.4 is 5.32 Å². The summed E-state index contributed by atoms with van der Waals surface area (Å²) in [5.41, 5.74) is 1.11. The second kappa shape index (κ2) is 8.00. The Morgan fingerprint density at radius 3 is 3.15 bits per heavy atom. The second-order valence-electron chi connectivity index (χ2n) is 5.21. The van der Waals surface area contributed by atoms with E-state index in [0.29, 0.717) is 6.42 Å². The summed E-state index contributed by atoms with van der Waals surface area (Å²) < 4.78 is 0. The quantitative estimate of drug-likeness (QED) is 0.758. The van der Waals surface area contributed by atoms with Crippen LogP contribution in [0, 0.1) is 12.8 Å². The lowest BCUT2D eigenvalue weighted by atomic mass is 10.1. The highest BCUT2D eigenvalue weighted by Crippen LogP contribution is 2.25. The average Bonchev–Trinajstić information content (AvgIpc) is 3.03. The molecule has 112 valence electrons. The predicted octanol–water partition coefficient (Wildman–Crippen LogP) is 2.35. The highest BCUT2D eigenvalue weighted by atomic mass is 32.2. The first-order valence-electron chi connectivity index (χ1n) is 7.08. The maximum atomic E-state index is 11.9. The van der Waals surface area contributed by atoms with Gasteiger partial charge in [0.1, 0.15) is 0 Å². The third-order valence-corrected chi connectivity index (χ3v) is 5.44. The first kappa shape index (κ1) is 15.8. The normalized spacial score (nSPS) is 22.1. The number of nitrogens with one attached hydrogen (secondary N) is 1. The van der Waals surface area contributed by atoms with Crippen molar-refractivity contribution in [1.29, 1.82) is 0 Å². The van der Waals surface area contributed by atoms with Crippen molar-refractivity contribution in [3.05, 3.63) is 16.1 Å². The largest absolute Gasteiger partial charge is 0.396 e. The van der Waals surface area contributed by atoms with E-state index >= 15 is 0 Å². The number of carbonyl (C=O) groups excluding carboxylic acids is 1. The van der Waals surface area contributed by atoms with Crippen molar-refractivity contribution in [2.75, 3.05) is 12.4 Å². The van der Waals surface area contributed by atoms with E-state index < -0.39 is 0 Å². The first-order chi connectivity index (χ1) is 9.69. The molecule has 1 saturated carbocycles. The Hall–Kier alpha value is -0.590. The first-order valence-corrected chi connectivity index (χ1v) is 9.11. The molecule has 0 aromatic carbocycles. The number of aliphatic hydroxyl groups is 1. The van der Waals surface area contributed by atoms with Gasteiger partial charge in [0.2, 0.25) is 5.91 Å². The summed E-state index contributed by atoms with van der Waals surface area (Å²) in [6.07, 6.45) is 3.68. The van der Waals surface area contributed by atoms with Gasteiger partial charge in [-0.3, -0.25) is 4.79 Å². The van der Waals surface area contributed by atoms with E-state index in [1.807, 2.05) is 6.92 Å². The molecule has 20 heavy (non-hydrogen) atoms. The number of hydrogen-bond donors (Lipinski definition) is 2. The molecule has 0 spiro atoms. The number of aryl methyl sites for hydroxylation is 1. The summed E-state index contributed by atoms with van der Waals surface area (Å²) in [6, 6.07) is 0.179. The molecular weight excluding hydrogens is 292 g/mol. The molecule has 1 aromatic rings. The lowest BCUT2D eigenvalue weighted by Crippen LogP contribution is -2.38. The predicted molar refractivity (Wildman–Crippen MR) is 84.0 cm³/mol. The smallest absolute Gasteiger partial charge is 0.221 e. The summed E-state index contributed by atoms with van der Waals surface area (Å²) in [5.74, 6) is 2.06. The van der Waals surface area contributed by atoms with Crippen molar-refractivity contribution >= 4 is 29.0 Å². The highest BCUT2D eigenvalue weighted by Gasteiger charge is 2.27. The van der Waals surface area contributed by atoms with Crippen molar-refractivity contribution in [2.24, 2.45) is 5.92 Å². The number of rotatable bonds is 7. The van der Waals surface area contributed by atoms with Crippen molar-refractivity contribution < 1.29 is 9.90 Å². The number of thioether (sulfide) groups is 1. The molecule has 2 atom stereocenters. The Morgan fingerprint density at radius 1 is 1.60 bits per heavy atom. The number of amides is 1. The van der Waals surface area contributed by atoms with Gasteiger partial charge >= 0.3 is 0 Å². The van der Waals surface area contributed by atoms with Gasteiger partial charge in [-0.05, 0) is 19.8 Å². The number of aromatic nitrogens is 1. The van der Waals surface area contributed by atoms with E-state index in [2.05, 4.69) is 15.7 Å². The van der Waals surface area contributed by atoms with Crippen LogP contribution in [0.5, 0.6) is 0 Å². The van der Waals surface area contributed by atoms with E-state index in [-0.39, 0.29) is 24.5 Å². The minimum Gasteiger partial charge on any atom is -0.396 e. The fraction of sp³-hybridized carbons (Fsp3) is 0.714. The molecular formula is C14H22N2O2S2. The van der Waals surface area contributed by atoms with Crippen LogP contribution in [-0.2, 0) is 10.5 Å². The van der Waals surface area contributed by atoms with E-state index in [0.717, 1.165) is 41.5 Å². The van der Waals surface area contributed by atoms with Crippen LogP contribution in [0.1, 0.15) is 36.4 Å². The van der Waals surface area contributed by atoms with E-state index in [1.54, 1.807) is 23.1 Å². The minimum atomic E-state index is 0.109. The zero-order valence-electron chi connectivity index (χ0n) is 11.8. The molecule has 2 N–H and O–H groups in total. The Balaban J connectivity index is 1.60. The van der Waals surface area contributed by atoms with Crippen molar-refractivity contribution in [2.45, 2.75) is 44.4 Å². The number of carbonyl (C=O) groups is 1. The topological polar surface area (TPSA) is 62.2 Å². The van der Waals surface area contributed by atoms with Crippen LogP contribution in [-0.4, -0.2) is 34.4 Å². The van der Waals surface area contributed by atoms with Gasteiger partial charge in [-0.15, -0.1) is 11.3 Å². The average molecular weight is 314 g/mol. The lowest BCUT2D eigenvalue weighted by Gasteiger charge is -2.18. The van der Waals surface area contributed by atoms with E-state index in [1.165, 1.54) is 0 Å². The fourth-order valence-electron chi connectivity index (χ4n) is 2.54. The van der Waals surface area contributed by atoms with E-state index in [9.17, 15) is 9.90 Å². The second-order valence-corrected chi connectivity index (χ2v) is 7.38. The molecule has 1 heterocycles. The number of nitrogens with zero attached hydrogens (tertiary/aromatic N) is 1.